The standard InChI is InChI=1S/C11H13ClN2S/c1-8(7-15-2)14-11-4-3-10(12)5-9(11)6-13/h3-5,8,14H,7H2,1-2H3. The van der Waals surface area contributed by atoms with E-state index in [4.69, 9.17) is 16.9 Å². The predicted molar refractivity (Wildman–Crippen MR) is 67.6 cm³/mol. The summed E-state index contributed by atoms with van der Waals surface area (Å²) < 4.78 is 0. The van der Waals surface area contributed by atoms with Crippen molar-refractivity contribution in [2.45, 2.75) is 13.0 Å². The molecular formula is C11H13ClN2S. The number of hydrogen-bond acceptors (Lipinski definition) is 3. The van der Waals surface area contributed by atoms with Gasteiger partial charge in [0.05, 0.1) is 11.3 Å². The van der Waals surface area contributed by atoms with Crippen molar-refractivity contribution in [2.24, 2.45) is 0 Å². The van der Waals surface area contributed by atoms with Gasteiger partial charge in [0.25, 0.3) is 0 Å². The zero-order valence-corrected chi connectivity index (χ0v) is 10.3. The summed E-state index contributed by atoms with van der Waals surface area (Å²) in [5, 5.41) is 12.8. The number of benzene rings is 1. The van der Waals surface area contributed by atoms with E-state index in [1.807, 2.05) is 6.07 Å². The Balaban J connectivity index is 2.81. The van der Waals surface area contributed by atoms with Gasteiger partial charge >= 0.3 is 0 Å². The molecular weight excluding hydrogens is 228 g/mol. The maximum Gasteiger partial charge on any atom is 0.101 e. The first-order valence-electron chi connectivity index (χ1n) is 4.62. The van der Waals surface area contributed by atoms with Crippen LogP contribution in [0.2, 0.25) is 5.02 Å². The second-order valence-corrected chi connectivity index (χ2v) is 4.65. The Bertz CT molecular complexity index is 373. The molecule has 0 bridgehead atoms. The van der Waals surface area contributed by atoms with Crippen molar-refractivity contribution >= 4 is 29.1 Å². The van der Waals surface area contributed by atoms with Crippen molar-refractivity contribution in [3.8, 4) is 6.07 Å². The van der Waals surface area contributed by atoms with Gasteiger partial charge in [0, 0.05) is 16.8 Å². The Hall–Kier alpha value is -0.850. The van der Waals surface area contributed by atoms with Crippen molar-refractivity contribution in [1.82, 2.24) is 0 Å². The Morgan fingerprint density at radius 3 is 2.93 bits per heavy atom. The molecule has 0 aliphatic carbocycles. The van der Waals surface area contributed by atoms with Crippen LogP contribution < -0.4 is 5.32 Å². The maximum absolute atomic E-state index is 8.93. The van der Waals surface area contributed by atoms with E-state index in [1.165, 1.54) is 0 Å². The smallest absolute Gasteiger partial charge is 0.101 e. The number of hydrogen-bond donors (Lipinski definition) is 1. The quantitative estimate of drug-likeness (QED) is 0.877. The second-order valence-electron chi connectivity index (χ2n) is 3.30. The number of nitrogens with one attached hydrogen (secondary N) is 1. The van der Waals surface area contributed by atoms with E-state index in [1.54, 1.807) is 23.9 Å². The number of nitrogens with zero attached hydrogens (tertiary/aromatic N) is 1. The van der Waals surface area contributed by atoms with Gasteiger partial charge in [0.15, 0.2) is 0 Å². The van der Waals surface area contributed by atoms with Crippen LogP contribution in [0.3, 0.4) is 0 Å². The molecule has 0 aliphatic heterocycles. The van der Waals surface area contributed by atoms with Crippen molar-refractivity contribution in [3.63, 3.8) is 0 Å². The fourth-order valence-corrected chi connectivity index (χ4v) is 2.05. The average molecular weight is 241 g/mol. The zero-order chi connectivity index (χ0) is 11.3. The number of thioether (sulfide) groups is 1. The molecule has 80 valence electrons. The molecule has 1 rings (SSSR count). The molecule has 2 nitrogen and oxygen atoms in total. The molecule has 1 aromatic carbocycles. The van der Waals surface area contributed by atoms with Crippen LogP contribution >= 0.6 is 23.4 Å². The number of halogens is 1. The summed E-state index contributed by atoms with van der Waals surface area (Å²) in [6, 6.07) is 7.78. The molecule has 1 atom stereocenters. The minimum Gasteiger partial charge on any atom is -0.381 e. The zero-order valence-electron chi connectivity index (χ0n) is 8.75. The molecule has 0 aromatic heterocycles. The van der Waals surface area contributed by atoms with Gasteiger partial charge < -0.3 is 5.32 Å². The highest BCUT2D eigenvalue weighted by Gasteiger charge is 2.06. The summed E-state index contributed by atoms with van der Waals surface area (Å²) in [7, 11) is 0. The Labute approximate surface area is 99.6 Å². The first-order chi connectivity index (χ1) is 7.17. The van der Waals surface area contributed by atoms with Gasteiger partial charge in [-0.25, -0.2) is 0 Å². The first kappa shape index (κ1) is 12.2. The molecule has 1 unspecified atom stereocenters. The molecule has 0 saturated carbocycles. The molecule has 1 aromatic rings. The summed E-state index contributed by atoms with van der Waals surface area (Å²) in [6.07, 6.45) is 2.06. The lowest BCUT2D eigenvalue weighted by atomic mass is 10.2. The molecule has 15 heavy (non-hydrogen) atoms. The Morgan fingerprint density at radius 1 is 1.60 bits per heavy atom. The molecule has 0 heterocycles. The highest BCUT2D eigenvalue weighted by molar-refractivity contribution is 7.98. The number of anilines is 1. The van der Waals surface area contributed by atoms with Gasteiger partial charge in [-0.3, -0.25) is 0 Å². The summed E-state index contributed by atoms with van der Waals surface area (Å²) in [5.41, 5.74) is 1.44. The monoisotopic (exact) mass is 240 g/mol. The van der Waals surface area contributed by atoms with Crippen LogP contribution in [-0.4, -0.2) is 18.1 Å². The minimum absolute atomic E-state index is 0.341. The van der Waals surface area contributed by atoms with Crippen LogP contribution in [0.1, 0.15) is 12.5 Å². The van der Waals surface area contributed by atoms with Crippen LogP contribution in [0.5, 0.6) is 0 Å². The molecule has 0 aliphatic rings. The van der Waals surface area contributed by atoms with Gasteiger partial charge in [-0.2, -0.15) is 17.0 Å². The van der Waals surface area contributed by atoms with Crippen LogP contribution in [0, 0.1) is 11.3 Å². The third-order valence-corrected chi connectivity index (χ3v) is 2.99. The SMILES string of the molecule is CSCC(C)Nc1ccc(Cl)cc1C#N. The van der Waals surface area contributed by atoms with E-state index < -0.39 is 0 Å². The van der Waals surface area contributed by atoms with Crippen molar-refractivity contribution in [3.05, 3.63) is 28.8 Å². The molecule has 0 fully saturated rings. The lowest BCUT2D eigenvalue weighted by molar-refractivity contribution is 0.913. The van der Waals surface area contributed by atoms with Gasteiger partial charge in [-0.1, -0.05) is 11.6 Å². The normalized spacial score (nSPS) is 11.9. The highest BCUT2D eigenvalue weighted by Crippen LogP contribution is 2.20. The van der Waals surface area contributed by atoms with Gasteiger partial charge in [-0.05, 0) is 31.4 Å². The fourth-order valence-electron chi connectivity index (χ4n) is 1.29. The summed E-state index contributed by atoms with van der Waals surface area (Å²) in [4.78, 5) is 0. The van der Waals surface area contributed by atoms with E-state index in [0.717, 1.165) is 11.4 Å². The van der Waals surface area contributed by atoms with E-state index in [-0.39, 0.29) is 0 Å². The van der Waals surface area contributed by atoms with E-state index >= 15 is 0 Å². The first-order valence-corrected chi connectivity index (χ1v) is 6.39. The van der Waals surface area contributed by atoms with Gasteiger partial charge in [0.1, 0.15) is 6.07 Å². The van der Waals surface area contributed by atoms with Crippen LogP contribution in [0.4, 0.5) is 5.69 Å². The van der Waals surface area contributed by atoms with E-state index in [2.05, 4.69) is 24.6 Å². The maximum atomic E-state index is 8.93. The molecule has 4 heteroatoms. The van der Waals surface area contributed by atoms with Crippen LogP contribution in [-0.2, 0) is 0 Å². The van der Waals surface area contributed by atoms with Crippen molar-refractivity contribution in [1.29, 1.82) is 5.26 Å². The summed E-state index contributed by atoms with van der Waals surface area (Å²) in [6.45, 7) is 2.09. The molecule has 0 amide bonds. The molecule has 0 saturated heterocycles. The third-order valence-electron chi connectivity index (χ3n) is 1.92. The molecule has 1 N–H and O–H groups in total. The summed E-state index contributed by atoms with van der Waals surface area (Å²) in [5.74, 6) is 1.01. The third kappa shape index (κ3) is 3.65. The Morgan fingerprint density at radius 2 is 2.33 bits per heavy atom. The van der Waals surface area contributed by atoms with E-state index in [0.29, 0.717) is 16.6 Å². The summed E-state index contributed by atoms with van der Waals surface area (Å²) >= 11 is 7.58. The predicted octanol–water partition coefficient (Wildman–Crippen LogP) is 3.38. The van der Waals surface area contributed by atoms with Crippen molar-refractivity contribution < 1.29 is 0 Å². The minimum atomic E-state index is 0.341. The topological polar surface area (TPSA) is 35.8 Å². The highest BCUT2D eigenvalue weighted by atomic mass is 35.5. The fraction of sp³-hybridized carbons (Fsp3) is 0.364. The van der Waals surface area contributed by atoms with E-state index in [9.17, 15) is 0 Å². The second kappa shape index (κ2) is 5.89. The average Bonchev–Trinajstić information content (AvgIpc) is 2.21. The number of rotatable bonds is 4. The Kier molecular flexibility index (Phi) is 4.80. The molecule has 0 spiro atoms. The van der Waals surface area contributed by atoms with Crippen LogP contribution in [0.15, 0.2) is 18.2 Å². The number of nitriles is 1. The molecule has 0 radical (unpaired) electrons. The van der Waals surface area contributed by atoms with Gasteiger partial charge in [0.2, 0.25) is 0 Å². The lowest BCUT2D eigenvalue weighted by Gasteiger charge is -2.15. The van der Waals surface area contributed by atoms with Crippen molar-refractivity contribution in [2.75, 3.05) is 17.3 Å². The lowest BCUT2D eigenvalue weighted by Crippen LogP contribution is -2.18. The largest absolute Gasteiger partial charge is 0.381 e. The van der Waals surface area contributed by atoms with Gasteiger partial charge in [-0.15, -0.1) is 0 Å². The van der Waals surface area contributed by atoms with Crippen LogP contribution in [0.25, 0.3) is 0 Å².